The van der Waals surface area contributed by atoms with Crippen LogP contribution in [-0.2, 0) is 24.3 Å². The van der Waals surface area contributed by atoms with Crippen molar-refractivity contribution in [3.05, 3.63) is 29.3 Å². The van der Waals surface area contributed by atoms with E-state index in [1.807, 2.05) is 19.9 Å². The molecule has 1 aliphatic carbocycles. The number of esters is 1. The van der Waals surface area contributed by atoms with E-state index in [1.165, 1.54) is 4.31 Å². The third kappa shape index (κ3) is 4.32. The molecule has 1 aromatic rings. The number of rotatable bonds is 5. The lowest BCUT2D eigenvalue weighted by atomic mass is 10.2. The maximum atomic E-state index is 12.9. The van der Waals surface area contributed by atoms with Crippen LogP contribution in [0.15, 0.2) is 23.1 Å². The van der Waals surface area contributed by atoms with Gasteiger partial charge in [0.15, 0.2) is 6.61 Å². The number of carbonyl (C=O) groups excluding carboxylic acids is 2. The zero-order valence-electron chi connectivity index (χ0n) is 16.0. The summed E-state index contributed by atoms with van der Waals surface area (Å²) in [6, 6.07) is 5.27. The van der Waals surface area contributed by atoms with Crippen LogP contribution in [0.5, 0.6) is 0 Å². The third-order valence-electron chi connectivity index (χ3n) is 5.29. The maximum Gasteiger partial charge on any atom is 0.309 e. The van der Waals surface area contributed by atoms with Crippen LogP contribution in [0.4, 0.5) is 0 Å². The molecule has 1 saturated heterocycles. The van der Waals surface area contributed by atoms with Crippen molar-refractivity contribution in [2.45, 2.75) is 32.1 Å². The summed E-state index contributed by atoms with van der Waals surface area (Å²) >= 11 is 0. The number of carbonyl (C=O) groups is 2. The molecule has 0 radical (unpaired) electrons. The van der Waals surface area contributed by atoms with E-state index in [9.17, 15) is 18.0 Å². The van der Waals surface area contributed by atoms with Crippen LogP contribution in [0, 0.1) is 25.7 Å². The zero-order valence-corrected chi connectivity index (χ0v) is 16.8. The van der Waals surface area contributed by atoms with Gasteiger partial charge in [-0.1, -0.05) is 24.6 Å². The van der Waals surface area contributed by atoms with Gasteiger partial charge in [-0.15, -0.1) is 0 Å². The molecule has 2 aliphatic rings. The molecule has 1 aliphatic heterocycles. The Kier molecular flexibility index (Phi) is 5.58. The predicted octanol–water partition coefficient (Wildman–Crippen LogP) is 1.34. The molecule has 148 valence electrons. The molecule has 7 nitrogen and oxygen atoms in total. The Balaban J connectivity index is 1.54. The summed E-state index contributed by atoms with van der Waals surface area (Å²) in [4.78, 5) is 25.8. The Morgan fingerprint density at radius 2 is 1.78 bits per heavy atom. The number of aryl methyl sites for hydroxylation is 2. The molecule has 0 N–H and O–H groups in total. The van der Waals surface area contributed by atoms with E-state index in [2.05, 4.69) is 0 Å². The number of sulfonamides is 1. The van der Waals surface area contributed by atoms with Gasteiger partial charge >= 0.3 is 5.97 Å². The second-order valence-corrected chi connectivity index (χ2v) is 9.39. The average molecular weight is 394 g/mol. The Hall–Kier alpha value is -1.93. The number of ether oxygens (including phenoxy) is 1. The summed E-state index contributed by atoms with van der Waals surface area (Å²) in [6.07, 6.45) is 0.821. The summed E-state index contributed by atoms with van der Waals surface area (Å²) in [7, 11) is -3.58. The van der Waals surface area contributed by atoms with E-state index in [1.54, 1.807) is 24.0 Å². The van der Waals surface area contributed by atoms with Crippen molar-refractivity contribution >= 4 is 21.9 Å². The topological polar surface area (TPSA) is 84.0 Å². The van der Waals surface area contributed by atoms with Crippen molar-refractivity contribution in [2.75, 3.05) is 32.8 Å². The van der Waals surface area contributed by atoms with Crippen LogP contribution < -0.4 is 0 Å². The summed E-state index contributed by atoms with van der Waals surface area (Å²) < 4.78 is 32.2. The van der Waals surface area contributed by atoms with Crippen LogP contribution in [0.1, 0.15) is 24.5 Å². The van der Waals surface area contributed by atoms with Crippen LogP contribution >= 0.6 is 0 Å². The van der Waals surface area contributed by atoms with E-state index in [4.69, 9.17) is 4.74 Å². The van der Waals surface area contributed by atoms with Gasteiger partial charge in [-0.2, -0.15) is 4.31 Å². The van der Waals surface area contributed by atoms with Gasteiger partial charge in [0.2, 0.25) is 10.0 Å². The smallest absolute Gasteiger partial charge is 0.309 e. The van der Waals surface area contributed by atoms with Gasteiger partial charge < -0.3 is 9.64 Å². The monoisotopic (exact) mass is 394 g/mol. The molecule has 1 aromatic carbocycles. The first-order valence-corrected chi connectivity index (χ1v) is 10.7. The number of hydrogen-bond donors (Lipinski definition) is 0. The van der Waals surface area contributed by atoms with E-state index in [-0.39, 0.29) is 37.5 Å². The normalized spacial score (nSPS) is 23.1. The van der Waals surface area contributed by atoms with E-state index in [0.29, 0.717) is 23.9 Å². The summed E-state index contributed by atoms with van der Waals surface area (Å²) in [5.74, 6) is -0.323. The molecule has 0 bridgehead atoms. The highest BCUT2D eigenvalue weighted by atomic mass is 32.2. The van der Waals surface area contributed by atoms with Crippen LogP contribution in [0.2, 0.25) is 0 Å². The SMILES string of the molecule is Cc1ccc(S(=O)(=O)N2CCN(C(=O)COC(=O)[C@@H]3C[C@H]3C)CC2)c(C)c1. The van der Waals surface area contributed by atoms with Gasteiger partial charge in [-0.3, -0.25) is 9.59 Å². The quantitative estimate of drug-likeness (QED) is 0.704. The predicted molar refractivity (Wildman–Crippen MR) is 99.5 cm³/mol. The highest BCUT2D eigenvalue weighted by Crippen LogP contribution is 2.38. The standard InChI is InChI=1S/C19H26N2O5S/c1-13-4-5-17(15(3)10-13)27(24,25)21-8-6-20(7-9-21)18(22)12-26-19(23)16-11-14(16)2/h4-5,10,14,16H,6-9,11-12H2,1-3H3/t14-,16-/m1/s1. The molecule has 0 spiro atoms. The third-order valence-corrected chi connectivity index (χ3v) is 7.35. The van der Waals surface area contributed by atoms with Crippen molar-refractivity contribution in [3.63, 3.8) is 0 Å². The summed E-state index contributed by atoms with van der Waals surface area (Å²) in [5, 5.41) is 0. The number of nitrogens with zero attached hydrogens (tertiary/aromatic N) is 2. The fraction of sp³-hybridized carbons (Fsp3) is 0.579. The molecule has 1 saturated carbocycles. The Bertz CT molecular complexity index is 844. The van der Waals surface area contributed by atoms with E-state index in [0.717, 1.165) is 17.5 Å². The van der Waals surface area contributed by atoms with Crippen molar-refractivity contribution in [1.29, 1.82) is 0 Å². The van der Waals surface area contributed by atoms with Gasteiger partial charge in [0.1, 0.15) is 0 Å². The van der Waals surface area contributed by atoms with Gasteiger partial charge in [0.25, 0.3) is 5.91 Å². The minimum absolute atomic E-state index is 0.0717. The van der Waals surface area contributed by atoms with Crippen LogP contribution in [-0.4, -0.2) is 62.3 Å². The molecule has 2 atom stereocenters. The molecule has 27 heavy (non-hydrogen) atoms. The second kappa shape index (κ2) is 7.59. The Morgan fingerprint density at radius 1 is 1.15 bits per heavy atom. The number of piperazine rings is 1. The Morgan fingerprint density at radius 3 is 2.33 bits per heavy atom. The molecule has 1 amide bonds. The number of hydrogen-bond acceptors (Lipinski definition) is 5. The molecular weight excluding hydrogens is 368 g/mol. The lowest BCUT2D eigenvalue weighted by Gasteiger charge is -2.34. The zero-order chi connectivity index (χ0) is 19.8. The summed E-state index contributed by atoms with van der Waals surface area (Å²) in [6.45, 7) is 6.46. The van der Waals surface area contributed by atoms with Crippen LogP contribution in [0.25, 0.3) is 0 Å². The van der Waals surface area contributed by atoms with Crippen molar-refractivity contribution in [3.8, 4) is 0 Å². The maximum absolute atomic E-state index is 12.9. The largest absolute Gasteiger partial charge is 0.455 e. The second-order valence-electron chi connectivity index (χ2n) is 7.48. The molecule has 2 fully saturated rings. The first kappa shape index (κ1) is 19.8. The van der Waals surface area contributed by atoms with Crippen molar-refractivity contribution in [2.24, 2.45) is 11.8 Å². The number of benzene rings is 1. The van der Waals surface area contributed by atoms with Gasteiger partial charge in [0, 0.05) is 26.2 Å². The van der Waals surface area contributed by atoms with E-state index < -0.39 is 10.0 Å². The van der Waals surface area contributed by atoms with Gasteiger partial charge in [0.05, 0.1) is 10.8 Å². The molecule has 8 heteroatoms. The van der Waals surface area contributed by atoms with Crippen molar-refractivity contribution in [1.82, 2.24) is 9.21 Å². The molecular formula is C19H26N2O5S. The fourth-order valence-electron chi connectivity index (χ4n) is 3.39. The molecule has 0 aromatic heterocycles. The van der Waals surface area contributed by atoms with E-state index >= 15 is 0 Å². The Labute approximate surface area is 160 Å². The van der Waals surface area contributed by atoms with Gasteiger partial charge in [-0.05, 0) is 37.8 Å². The minimum Gasteiger partial charge on any atom is -0.455 e. The summed E-state index contributed by atoms with van der Waals surface area (Å²) in [5.41, 5.74) is 1.73. The highest BCUT2D eigenvalue weighted by Gasteiger charge is 2.41. The number of amides is 1. The average Bonchev–Trinajstić information content (AvgIpc) is 3.36. The molecule has 0 unspecified atom stereocenters. The first-order valence-electron chi connectivity index (χ1n) is 9.22. The molecule has 3 rings (SSSR count). The molecule has 1 heterocycles. The lowest BCUT2D eigenvalue weighted by Crippen LogP contribution is -2.51. The lowest BCUT2D eigenvalue weighted by molar-refractivity contribution is -0.153. The van der Waals surface area contributed by atoms with Crippen molar-refractivity contribution < 1.29 is 22.7 Å². The van der Waals surface area contributed by atoms with Gasteiger partial charge in [-0.25, -0.2) is 8.42 Å². The fourth-order valence-corrected chi connectivity index (χ4v) is 5.02. The minimum atomic E-state index is -3.58. The van der Waals surface area contributed by atoms with Crippen LogP contribution in [0.3, 0.4) is 0 Å². The first-order chi connectivity index (χ1) is 12.7. The highest BCUT2D eigenvalue weighted by molar-refractivity contribution is 7.89.